The number of unbranched alkanes of at least 4 members (excludes halogenated alkanes) is 1. The van der Waals surface area contributed by atoms with E-state index in [0.717, 1.165) is 0 Å². The van der Waals surface area contributed by atoms with Crippen molar-refractivity contribution in [2.75, 3.05) is 6.54 Å². The molecule has 0 saturated carbocycles. The number of nitrogens with two attached hydrogens (primary N) is 2. The Bertz CT molecular complexity index is 2290. The van der Waals surface area contributed by atoms with Crippen LogP contribution >= 0.6 is 34.8 Å². The molecular formula is C51H70Cl3N9O9. The van der Waals surface area contributed by atoms with Gasteiger partial charge in [-0.05, 0) is 105 Å². The second-order valence-corrected chi connectivity index (χ2v) is 19.4. The van der Waals surface area contributed by atoms with Crippen molar-refractivity contribution in [2.24, 2.45) is 23.3 Å². The van der Waals surface area contributed by atoms with Crippen molar-refractivity contribution in [3.8, 4) is 0 Å². The summed E-state index contributed by atoms with van der Waals surface area (Å²) in [7, 11) is 0. The van der Waals surface area contributed by atoms with Crippen molar-refractivity contribution in [2.45, 2.75) is 141 Å². The van der Waals surface area contributed by atoms with Crippen molar-refractivity contribution in [1.29, 1.82) is 0 Å². The number of carboxylic acids is 1. The first-order valence-electron chi connectivity index (χ1n) is 24.1. The number of carbonyl (C=O) groups excluding carboxylic acids is 7. The van der Waals surface area contributed by atoms with Gasteiger partial charge in [0.15, 0.2) is 0 Å². The zero-order chi connectivity index (χ0) is 53.7. The maximum absolute atomic E-state index is 14.6. The molecule has 0 aliphatic heterocycles. The van der Waals surface area contributed by atoms with Crippen LogP contribution in [0.2, 0.25) is 15.1 Å². The smallest absolute Gasteiger partial charge is 0.326 e. The summed E-state index contributed by atoms with van der Waals surface area (Å²) in [6, 6.07) is 9.94. The van der Waals surface area contributed by atoms with Gasteiger partial charge in [-0.15, -0.1) is 0 Å². The second-order valence-electron chi connectivity index (χ2n) is 18.1. The average molecular weight is 1060 g/mol. The minimum absolute atomic E-state index is 0.0612. The van der Waals surface area contributed by atoms with Crippen molar-refractivity contribution >= 4 is 82.1 Å². The molecular weight excluding hydrogens is 989 g/mol. The van der Waals surface area contributed by atoms with Gasteiger partial charge in [-0.2, -0.15) is 0 Å². The predicted octanol–water partition coefficient (Wildman–Crippen LogP) is 3.74. The highest BCUT2D eigenvalue weighted by Crippen LogP contribution is 2.17. The lowest BCUT2D eigenvalue weighted by atomic mass is 9.95. The number of benzene rings is 3. The highest BCUT2D eigenvalue weighted by atomic mass is 35.5. The molecule has 0 bridgehead atoms. The third kappa shape index (κ3) is 20.0. The molecule has 3 aromatic carbocycles. The van der Waals surface area contributed by atoms with Gasteiger partial charge in [0, 0.05) is 34.3 Å². The first-order valence-corrected chi connectivity index (χ1v) is 25.2. The van der Waals surface area contributed by atoms with Gasteiger partial charge in [0.2, 0.25) is 41.4 Å². The number of rotatable bonds is 29. The number of hydrogen-bond donors (Lipinski definition) is 10. The Labute approximate surface area is 436 Å². The van der Waals surface area contributed by atoms with Crippen LogP contribution < -0.4 is 48.7 Å². The molecule has 72 heavy (non-hydrogen) atoms. The van der Waals surface area contributed by atoms with Crippen molar-refractivity contribution in [3.63, 3.8) is 0 Å². The summed E-state index contributed by atoms with van der Waals surface area (Å²) in [4.78, 5) is 109. The average Bonchev–Trinajstić information content (AvgIpc) is 3.35. The zero-order valence-corrected chi connectivity index (χ0v) is 43.8. The van der Waals surface area contributed by atoms with Gasteiger partial charge in [0.1, 0.15) is 42.3 Å². The highest BCUT2D eigenvalue weighted by molar-refractivity contribution is 6.31. The van der Waals surface area contributed by atoms with Crippen molar-refractivity contribution in [3.05, 3.63) is 105 Å². The molecule has 0 fully saturated rings. The molecule has 0 radical (unpaired) electrons. The lowest BCUT2D eigenvalue weighted by Crippen LogP contribution is -2.61. The van der Waals surface area contributed by atoms with Gasteiger partial charge in [-0.3, -0.25) is 33.6 Å². The third-order valence-corrected chi connectivity index (χ3v) is 13.1. The monoisotopic (exact) mass is 1060 g/mol. The fourth-order valence-electron chi connectivity index (χ4n) is 7.30. The Morgan fingerprint density at radius 3 is 1.19 bits per heavy atom. The molecule has 0 aliphatic rings. The highest BCUT2D eigenvalue weighted by Gasteiger charge is 2.35. The minimum Gasteiger partial charge on any atom is -0.480 e. The quantitative estimate of drug-likeness (QED) is 0.0447. The Balaban J connectivity index is 1.96. The summed E-state index contributed by atoms with van der Waals surface area (Å²) in [6.45, 7) is 10.4. The van der Waals surface area contributed by atoms with E-state index in [2.05, 4.69) is 37.2 Å². The van der Waals surface area contributed by atoms with E-state index in [1.54, 1.807) is 79.7 Å². The van der Waals surface area contributed by atoms with Crippen molar-refractivity contribution in [1.82, 2.24) is 37.2 Å². The number of halogens is 3. The standard InChI is InChI=1S/C51H70Cl3N9O9/c1-7-28(3)42(56)49(69)63-43(29(4)8-2)50(70)62-41(27-34-16-22-37(54)23-17-34)48(68)61-40(26-33-14-20-36(53)21-15-33)47(67)60-39(25-32-12-18-35(52)19-13-32)46(66)58-30(5)44(64)57-31(6)45(65)59-38(51(71)72)11-9-10-24-55/h12-23,28-31,38-43H,7-11,24-27,55-56H2,1-6H3,(H,57,64)(H,58,66)(H,59,65)(H,60,67)(H,61,68)(H,62,70)(H,63,69)(H,71,72). The summed E-state index contributed by atoms with van der Waals surface area (Å²) in [5, 5.41) is 29.5. The van der Waals surface area contributed by atoms with E-state index in [-0.39, 0.29) is 37.5 Å². The van der Waals surface area contributed by atoms with Crippen LogP contribution in [0.25, 0.3) is 0 Å². The molecule has 0 aliphatic carbocycles. The van der Waals surface area contributed by atoms with E-state index in [4.69, 9.17) is 46.3 Å². The van der Waals surface area contributed by atoms with Crippen LogP contribution in [0.1, 0.15) is 90.3 Å². The minimum atomic E-state index is -1.38. The molecule has 394 valence electrons. The first-order chi connectivity index (χ1) is 34.1. The molecule has 10 unspecified atom stereocenters. The molecule has 12 N–H and O–H groups in total. The van der Waals surface area contributed by atoms with E-state index < -0.39 is 95.7 Å². The fraction of sp³-hybridized carbons (Fsp3) is 0.490. The van der Waals surface area contributed by atoms with Crippen LogP contribution in [0.3, 0.4) is 0 Å². The van der Waals surface area contributed by atoms with Crippen molar-refractivity contribution < 1.29 is 43.5 Å². The van der Waals surface area contributed by atoms with Gasteiger partial charge in [0.25, 0.3) is 0 Å². The van der Waals surface area contributed by atoms with E-state index in [1.165, 1.54) is 13.8 Å². The van der Waals surface area contributed by atoms with E-state index in [0.29, 0.717) is 64.0 Å². The van der Waals surface area contributed by atoms with Crippen LogP contribution in [0.5, 0.6) is 0 Å². The van der Waals surface area contributed by atoms with E-state index >= 15 is 0 Å². The zero-order valence-electron chi connectivity index (χ0n) is 41.6. The maximum atomic E-state index is 14.6. The number of aliphatic carboxylic acids is 1. The Morgan fingerprint density at radius 2 is 0.819 bits per heavy atom. The summed E-state index contributed by atoms with van der Waals surface area (Å²) < 4.78 is 0. The summed E-state index contributed by atoms with van der Waals surface area (Å²) in [5.74, 6) is -6.91. The van der Waals surface area contributed by atoms with Crippen LogP contribution in [0, 0.1) is 11.8 Å². The van der Waals surface area contributed by atoms with Crippen LogP contribution in [-0.4, -0.2) is 107 Å². The Morgan fingerprint density at radius 1 is 0.472 bits per heavy atom. The molecule has 0 aromatic heterocycles. The number of nitrogens with one attached hydrogen (secondary N) is 7. The second kappa shape index (κ2) is 30.3. The lowest BCUT2D eigenvalue weighted by molar-refractivity contribution is -0.142. The van der Waals surface area contributed by atoms with Gasteiger partial charge in [-0.25, -0.2) is 4.79 Å². The third-order valence-electron chi connectivity index (χ3n) is 12.4. The van der Waals surface area contributed by atoms with Crippen LogP contribution in [0.4, 0.5) is 0 Å². The van der Waals surface area contributed by atoms with Crippen LogP contribution in [-0.2, 0) is 57.6 Å². The predicted molar refractivity (Wildman–Crippen MR) is 278 cm³/mol. The Kier molecular flexibility index (Phi) is 25.5. The molecule has 0 spiro atoms. The molecule has 21 heteroatoms. The molecule has 3 rings (SSSR count). The summed E-state index contributed by atoms with van der Waals surface area (Å²) in [5.41, 5.74) is 13.5. The summed E-state index contributed by atoms with van der Waals surface area (Å²) >= 11 is 18.5. The first kappa shape index (κ1) is 60.5. The number of amides is 7. The molecule has 0 saturated heterocycles. The molecule has 0 heterocycles. The van der Waals surface area contributed by atoms with Gasteiger partial charge in [-0.1, -0.05) is 112 Å². The van der Waals surface area contributed by atoms with E-state index in [1.807, 2.05) is 20.8 Å². The molecule has 3 aromatic rings. The van der Waals surface area contributed by atoms with E-state index in [9.17, 15) is 43.5 Å². The number of carbonyl (C=O) groups is 8. The Hall–Kier alpha value is -5.79. The van der Waals surface area contributed by atoms with Gasteiger partial charge >= 0.3 is 5.97 Å². The molecule has 18 nitrogen and oxygen atoms in total. The topological polar surface area (TPSA) is 293 Å². The lowest BCUT2D eigenvalue weighted by Gasteiger charge is -2.29. The largest absolute Gasteiger partial charge is 0.480 e. The fourth-order valence-corrected chi connectivity index (χ4v) is 7.67. The number of carboxylic acid groups (broad SMARTS) is 1. The van der Waals surface area contributed by atoms with Crippen LogP contribution in [0.15, 0.2) is 72.8 Å². The van der Waals surface area contributed by atoms with Gasteiger partial charge < -0.3 is 53.8 Å². The summed E-state index contributed by atoms with van der Waals surface area (Å²) in [6.07, 6.45) is 1.98. The molecule has 7 amide bonds. The maximum Gasteiger partial charge on any atom is 0.326 e. The normalized spacial score (nSPS) is 15.3. The number of hydrogen-bond acceptors (Lipinski definition) is 10. The molecule has 10 atom stereocenters. The SMILES string of the molecule is CCC(C)C(N)C(=O)NC(C(=O)NC(Cc1ccc(Cl)cc1)C(=O)NC(Cc1ccc(Cl)cc1)C(=O)NC(Cc1ccc(Cl)cc1)C(=O)NC(C)C(=O)NC(C)C(=O)NC(CCCCN)C(=O)O)C(C)CC. The van der Waals surface area contributed by atoms with Gasteiger partial charge in [0.05, 0.1) is 6.04 Å².